The van der Waals surface area contributed by atoms with E-state index in [9.17, 15) is 25.2 Å². The number of likely N-dealkylation sites (N-methyl/N-ethyl adjacent to an activating group) is 1. The smallest absolute Gasteiger partial charge is 0.364 e. The van der Waals surface area contributed by atoms with Crippen molar-refractivity contribution in [2.75, 3.05) is 13.7 Å². The fourth-order valence-corrected chi connectivity index (χ4v) is 5.78. The lowest BCUT2D eigenvalue weighted by molar-refractivity contribution is -0.310. The third kappa shape index (κ3) is 8.15. The second kappa shape index (κ2) is 13.4. The van der Waals surface area contributed by atoms with Crippen LogP contribution < -0.4 is 5.32 Å². The summed E-state index contributed by atoms with van der Waals surface area (Å²) in [6.07, 6.45) is -3.16. The Bertz CT molecular complexity index is 600. The first kappa shape index (κ1) is 28.5. The van der Waals surface area contributed by atoms with E-state index in [1.807, 2.05) is 0 Å². The van der Waals surface area contributed by atoms with Gasteiger partial charge in [-0.05, 0) is 62.8 Å². The molecule has 1 rings (SSSR count). The summed E-state index contributed by atoms with van der Waals surface area (Å²) in [6.45, 7) is 13.2. The largest absolute Gasteiger partial charge is 0.477 e. The van der Waals surface area contributed by atoms with Crippen molar-refractivity contribution < 1.29 is 36.1 Å². The Morgan fingerprint density at radius 2 is 1.82 bits per heavy atom. The summed E-state index contributed by atoms with van der Waals surface area (Å²) in [5.74, 6) is -0.596. The number of rotatable bonds is 14. The first-order chi connectivity index (χ1) is 15.8. The molecule has 0 aromatic rings. The number of ether oxygens (including phenoxy) is 2. The molecule has 1 saturated heterocycles. The minimum atomic E-state index is -2.13. The quantitative estimate of drug-likeness (QED) is 0.242. The molecule has 33 heavy (non-hydrogen) atoms. The van der Waals surface area contributed by atoms with Crippen LogP contribution in [0.3, 0.4) is 0 Å². The Balaban J connectivity index is 2.77. The Kier molecular flexibility index (Phi) is 11.5. The van der Waals surface area contributed by atoms with Crippen LogP contribution in [0.5, 0.6) is 0 Å². The summed E-state index contributed by atoms with van der Waals surface area (Å²) in [5, 5.41) is 43.6. The minimum absolute atomic E-state index is 0.129. The highest BCUT2D eigenvalue weighted by Gasteiger charge is 2.54. The lowest BCUT2D eigenvalue weighted by atomic mass is 9.73. The van der Waals surface area contributed by atoms with Crippen LogP contribution in [0.4, 0.5) is 0 Å². The highest BCUT2D eigenvalue weighted by Crippen LogP contribution is 2.35. The van der Waals surface area contributed by atoms with Gasteiger partial charge in [-0.1, -0.05) is 41.5 Å². The van der Waals surface area contributed by atoms with Crippen LogP contribution in [-0.2, 0) is 14.3 Å². The summed E-state index contributed by atoms with van der Waals surface area (Å²) in [6, 6.07) is -0.816. The molecule has 1 aliphatic rings. The summed E-state index contributed by atoms with van der Waals surface area (Å²) in [7, 11) is 1.55. The number of nitrogens with one attached hydrogen (secondary N) is 1. The first-order valence-electron chi connectivity index (χ1n) is 13.1. The molecule has 196 valence electrons. The van der Waals surface area contributed by atoms with Gasteiger partial charge in [0.2, 0.25) is 0 Å². The third-order valence-electron chi connectivity index (χ3n) is 7.11. The number of aliphatic carboxylic acids is 1. The van der Waals surface area contributed by atoms with Crippen molar-refractivity contribution in [3.8, 4) is 0 Å². The highest BCUT2D eigenvalue weighted by molar-refractivity contribution is 5.76. The number of hydrogen-bond acceptors (Lipinski definition) is 7. The number of aliphatic hydroxyl groups is 3. The molecule has 0 radical (unpaired) electrons. The summed E-state index contributed by atoms with van der Waals surface area (Å²) < 4.78 is 18.7. The maximum Gasteiger partial charge on any atom is 0.364 e. The lowest BCUT2D eigenvalue weighted by Crippen LogP contribution is -2.66. The average Bonchev–Trinajstić information content (AvgIpc) is 2.74. The molecule has 0 amide bonds. The van der Waals surface area contributed by atoms with Crippen LogP contribution in [0.25, 0.3) is 0 Å². The van der Waals surface area contributed by atoms with Crippen LogP contribution in [-0.4, -0.2) is 76.3 Å². The molecule has 1 fully saturated rings. The Hall–Kier alpha value is -0.770. The van der Waals surface area contributed by atoms with Crippen molar-refractivity contribution in [3.63, 3.8) is 0 Å². The molecule has 0 aromatic heterocycles. The molecular formula is C25H49NO7. The van der Waals surface area contributed by atoms with E-state index in [0.29, 0.717) is 36.0 Å². The van der Waals surface area contributed by atoms with E-state index in [0.717, 1.165) is 12.8 Å². The molecule has 8 heteroatoms. The molecule has 1 heterocycles. The van der Waals surface area contributed by atoms with Gasteiger partial charge >= 0.3 is 5.97 Å². The zero-order valence-corrected chi connectivity index (χ0v) is 21.5. The van der Waals surface area contributed by atoms with E-state index < -0.39 is 49.1 Å². The zero-order valence-electron chi connectivity index (χ0n) is 22.5. The van der Waals surface area contributed by atoms with E-state index in [1.54, 1.807) is 7.05 Å². The van der Waals surface area contributed by atoms with E-state index in [1.165, 1.54) is 0 Å². The van der Waals surface area contributed by atoms with Crippen molar-refractivity contribution in [3.05, 3.63) is 0 Å². The molecule has 8 nitrogen and oxygen atoms in total. The monoisotopic (exact) mass is 476 g/mol. The van der Waals surface area contributed by atoms with Crippen LogP contribution >= 0.6 is 0 Å². The van der Waals surface area contributed by atoms with E-state index in [2.05, 4.69) is 46.9 Å². The number of hydrogen-bond donors (Lipinski definition) is 5. The van der Waals surface area contributed by atoms with Gasteiger partial charge < -0.3 is 35.2 Å². The molecule has 0 aliphatic carbocycles. The maximum absolute atomic E-state index is 12.1. The van der Waals surface area contributed by atoms with Crippen molar-refractivity contribution in [1.29, 1.82) is 0 Å². The lowest BCUT2D eigenvalue weighted by Gasteiger charge is -2.46. The molecule has 0 saturated carbocycles. The van der Waals surface area contributed by atoms with E-state index in [-0.39, 0.29) is 13.0 Å². The number of carboxylic acids is 1. The molecule has 0 spiro atoms. The third-order valence-corrected chi connectivity index (χ3v) is 7.11. The number of carbonyl (C=O) groups is 1. The second-order valence-corrected chi connectivity index (χ2v) is 10.7. The SMILES string of the molecule is [2H]CC(O)C(O)C1OC(OCCCC(C)CC(C)C(C(C)C)C(C)C)(C(=O)O)CC(O)C1NC. The maximum atomic E-state index is 12.1. The van der Waals surface area contributed by atoms with Crippen LogP contribution in [0, 0.1) is 29.6 Å². The van der Waals surface area contributed by atoms with Crippen LogP contribution in [0.1, 0.15) is 75.5 Å². The molecule has 8 atom stereocenters. The summed E-state index contributed by atoms with van der Waals surface area (Å²) >= 11 is 0. The molecule has 0 aromatic carbocycles. The molecule has 8 unspecified atom stereocenters. The van der Waals surface area contributed by atoms with Gasteiger partial charge in [-0.15, -0.1) is 0 Å². The van der Waals surface area contributed by atoms with E-state index in [4.69, 9.17) is 10.8 Å². The summed E-state index contributed by atoms with van der Waals surface area (Å²) in [5.41, 5.74) is 0. The van der Waals surface area contributed by atoms with Gasteiger partial charge in [-0.25, -0.2) is 4.79 Å². The van der Waals surface area contributed by atoms with Crippen molar-refractivity contribution in [2.24, 2.45) is 29.6 Å². The molecule has 1 aliphatic heterocycles. The molecule has 0 bridgehead atoms. The topological polar surface area (TPSA) is 128 Å². The fourth-order valence-electron chi connectivity index (χ4n) is 5.78. The molecule has 5 N–H and O–H groups in total. The van der Waals surface area contributed by atoms with Gasteiger partial charge in [-0.3, -0.25) is 0 Å². The fraction of sp³-hybridized carbons (Fsp3) is 0.960. The van der Waals surface area contributed by atoms with Crippen LogP contribution in [0.2, 0.25) is 0 Å². The number of aliphatic hydroxyl groups excluding tert-OH is 3. The average molecular weight is 477 g/mol. The Morgan fingerprint density at radius 3 is 2.30 bits per heavy atom. The highest BCUT2D eigenvalue weighted by atomic mass is 16.7. The van der Waals surface area contributed by atoms with Gasteiger partial charge in [-0.2, -0.15) is 0 Å². The Labute approximate surface area is 201 Å². The van der Waals surface area contributed by atoms with Crippen molar-refractivity contribution in [2.45, 2.75) is 110 Å². The minimum Gasteiger partial charge on any atom is -0.477 e. The van der Waals surface area contributed by atoms with Gasteiger partial charge in [0.15, 0.2) is 0 Å². The first-order valence-corrected chi connectivity index (χ1v) is 12.4. The van der Waals surface area contributed by atoms with Gasteiger partial charge in [0.25, 0.3) is 5.79 Å². The molecular weight excluding hydrogens is 426 g/mol. The predicted molar refractivity (Wildman–Crippen MR) is 128 cm³/mol. The number of carboxylic acid groups (broad SMARTS) is 1. The van der Waals surface area contributed by atoms with Gasteiger partial charge in [0, 0.05) is 7.79 Å². The zero-order chi connectivity index (χ0) is 26.2. The standard InChI is InChI=1S/C25H49NO7/c1-14(2)20(15(3)4)17(6)12-16(5)10-9-11-32-25(24(30)31)13-19(28)21(26-8)23(33-25)22(29)18(7)27/h14-23,26-29H,9-13H2,1-8H3,(H,30,31)/i7D. The second-order valence-electron chi connectivity index (χ2n) is 10.7. The summed E-state index contributed by atoms with van der Waals surface area (Å²) in [4.78, 5) is 12.1. The van der Waals surface area contributed by atoms with Crippen molar-refractivity contribution >= 4 is 5.97 Å². The predicted octanol–water partition coefficient (Wildman–Crippen LogP) is 2.63. The van der Waals surface area contributed by atoms with Gasteiger partial charge in [0.1, 0.15) is 12.2 Å². The normalized spacial score (nSPS) is 30.3. The van der Waals surface area contributed by atoms with E-state index >= 15 is 0 Å². The van der Waals surface area contributed by atoms with Crippen LogP contribution in [0.15, 0.2) is 0 Å². The Morgan fingerprint density at radius 1 is 1.21 bits per heavy atom. The van der Waals surface area contributed by atoms with Crippen molar-refractivity contribution in [1.82, 2.24) is 5.32 Å². The van der Waals surface area contributed by atoms with Gasteiger partial charge in [0.05, 0.1) is 24.9 Å².